The molecule has 0 aliphatic rings. The van der Waals surface area contributed by atoms with Gasteiger partial charge in [-0.15, -0.1) is 0 Å². The third-order valence-corrected chi connectivity index (χ3v) is 8.08. The SMILES string of the molecule is CCCO[Si](CN(S(=O)(=O)C(F)(F)F)S(=O)(=O)C(F)(F)F)OCCC. The van der Waals surface area contributed by atoms with Gasteiger partial charge >= 0.3 is 40.3 Å². The predicted molar refractivity (Wildman–Crippen MR) is 74.9 cm³/mol. The van der Waals surface area contributed by atoms with E-state index in [0.717, 1.165) is 0 Å². The first kappa shape index (κ1) is 24.6. The maximum absolute atomic E-state index is 12.6. The smallest absolute Gasteiger partial charge is 0.393 e. The topological polar surface area (TPSA) is 90.0 Å². The van der Waals surface area contributed by atoms with Crippen molar-refractivity contribution in [3.8, 4) is 0 Å². The normalized spacial score (nSPS) is 14.5. The van der Waals surface area contributed by atoms with Crippen molar-refractivity contribution in [1.82, 2.24) is 3.71 Å². The van der Waals surface area contributed by atoms with Crippen LogP contribution >= 0.6 is 0 Å². The number of sulfonamides is 2. The third kappa shape index (κ3) is 6.35. The first-order valence-electron chi connectivity index (χ1n) is 6.64. The number of rotatable bonds is 10. The summed E-state index contributed by atoms with van der Waals surface area (Å²) in [5, 5.41) is 0. The number of alkyl halides is 6. The van der Waals surface area contributed by atoms with Crippen LogP contribution in [0.15, 0.2) is 0 Å². The van der Waals surface area contributed by atoms with Gasteiger partial charge in [-0.25, -0.2) is 16.8 Å². The number of hydrogen-bond donors (Lipinski definition) is 0. The summed E-state index contributed by atoms with van der Waals surface area (Å²) in [7, 11) is -16.8. The molecule has 7 nitrogen and oxygen atoms in total. The Morgan fingerprint density at radius 2 is 1.12 bits per heavy atom. The Morgan fingerprint density at radius 3 is 1.36 bits per heavy atom. The lowest BCUT2D eigenvalue weighted by molar-refractivity contribution is -0.0527. The second-order valence-electron chi connectivity index (χ2n) is 4.40. The summed E-state index contributed by atoms with van der Waals surface area (Å²) in [6.45, 7) is 2.81. The van der Waals surface area contributed by atoms with E-state index >= 15 is 0 Å². The highest BCUT2D eigenvalue weighted by Gasteiger charge is 2.62. The molecule has 0 heterocycles. The molecule has 1 radical (unpaired) electrons. The molecular formula is C9H16F6NO6S2Si. The van der Waals surface area contributed by atoms with Crippen molar-refractivity contribution < 1.29 is 52.0 Å². The zero-order chi connectivity index (χ0) is 20.1. The van der Waals surface area contributed by atoms with Gasteiger partial charge in [0.1, 0.15) is 0 Å². The maximum atomic E-state index is 12.6. The van der Waals surface area contributed by atoms with E-state index in [9.17, 15) is 43.2 Å². The Kier molecular flexibility index (Phi) is 8.83. The molecule has 0 N–H and O–H groups in total. The van der Waals surface area contributed by atoms with Crippen LogP contribution in [0.5, 0.6) is 0 Å². The summed E-state index contributed by atoms with van der Waals surface area (Å²) in [5.74, 6) is 0. The Labute approximate surface area is 142 Å². The number of halogens is 6. The summed E-state index contributed by atoms with van der Waals surface area (Å²) < 4.78 is 129. The van der Waals surface area contributed by atoms with Gasteiger partial charge in [0.15, 0.2) is 0 Å². The van der Waals surface area contributed by atoms with E-state index in [-0.39, 0.29) is 13.2 Å². The lowest BCUT2D eigenvalue weighted by Crippen LogP contribution is -2.53. The van der Waals surface area contributed by atoms with Gasteiger partial charge in [0.2, 0.25) is 0 Å². The zero-order valence-corrected chi connectivity index (χ0v) is 15.6. The van der Waals surface area contributed by atoms with Crippen LogP contribution < -0.4 is 0 Å². The molecule has 0 rings (SSSR count). The average Bonchev–Trinajstić information content (AvgIpc) is 2.43. The molecule has 16 heteroatoms. The van der Waals surface area contributed by atoms with Crippen molar-refractivity contribution in [2.75, 3.05) is 19.4 Å². The van der Waals surface area contributed by atoms with E-state index in [4.69, 9.17) is 8.85 Å². The van der Waals surface area contributed by atoms with Gasteiger partial charge in [0.25, 0.3) is 0 Å². The van der Waals surface area contributed by atoms with Crippen LogP contribution in [-0.2, 0) is 28.9 Å². The highest BCUT2D eigenvalue weighted by Crippen LogP contribution is 2.35. The quantitative estimate of drug-likeness (QED) is 0.381. The van der Waals surface area contributed by atoms with Crippen molar-refractivity contribution in [1.29, 1.82) is 0 Å². The molecule has 0 aromatic heterocycles. The van der Waals surface area contributed by atoms with E-state index in [0.29, 0.717) is 12.8 Å². The molecule has 0 amide bonds. The highest BCUT2D eigenvalue weighted by molar-refractivity contribution is 8.04. The summed E-state index contributed by atoms with van der Waals surface area (Å²) in [5.41, 5.74) is -12.5. The maximum Gasteiger partial charge on any atom is 0.512 e. The van der Waals surface area contributed by atoms with E-state index in [1.165, 1.54) is 0 Å². The average molecular weight is 440 g/mol. The Morgan fingerprint density at radius 1 is 0.800 bits per heavy atom. The van der Waals surface area contributed by atoms with Crippen molar-refractivity contribution >= 4 is 29.3 Å². The summed E-state index contributed by atoms with van der Waals surface area (Å²) >= 11 is 0. The molecule has 25 heavy (non-hydrogen) atoms. The lowest BCUT2D eigenvalue weighted by atomic mass is 10.5. The van der Waals surface area contributed by atoms with Crippen LogP contribution in [0.25, 0.3) is 0 Å². The Bertz CT molecular complexity index is 567. The van der Waals surface area contributed by atoms with Crippen LogP contribution in [0.1, 0.15) is 26.7 Å². The highest BCUT2D eigenvalue weighted by atomic mass is 32.3. The summed E-state index contributed by atoms with van der Waals surface area (Å²) in [4.78, 5) is 0. The van der Waals surface area contributed by atoms with Gasteiger partial charge in [0, 0.05) is 13.2 Å². The monoisotopic (exact) mass is 440 g/mol. The second kappa shape index (κ2) is 8.98. The molecule has 0 aromatic carbocycles. The van der Waals surface area contributed by atoms with E-state index < -0.39 is 50.2 Å². The van der Waals surface area contributed by atoms with Gasteiger partial charge in [-0.3, -0.25) is 0 Å². The van der Waals surface area contributed by atoms with E-state index in [1.54, 1.807) is 13.8 Å². The van der Waals surface area contributed by atoms with E-state index in [1.807, 2.05) is 0 Å². The minimum atomic E-state index is -6.83. The molecular weight excluding hydrogens is 424 g/mol. The van der Waals surface area contributed by atoms with Crippen LogP contribution in [0.2, 0.25) is 0 Å². The van der Waals surface area contributed by atoms with Gasteiger partial charge in [-0.2, -0.15) is 26.3 Å². The second-order valence-corrected chi connectivity index (χ2v) is 9.98. The molecule has 0 aliphatic heterocycles. The molecule has 0 saturated heterocycles. The van der Waals surface area contributed by atoms with Crippen molar-refractivity contribution in [2.24, 2.45) is 0 Å². The Hall–Kier alpha value is -0.423. The fraction of sp³-hybridized carbons (Fsp3) is 1.00. The molecule has 0 fully saturated rings. The summed E-state index contributed by atoms with van der Waals surface area (Å²) in [6.07, 6.45) is -1.14. The molecule has 0 aromatic rings. The zero-order valence-electron chi connectivity index (χ0n) is 13.0. The van der Waals surface area contributed by atoms with Crippen LogP contribution in [0.3, 0.4) is 0 Å². The largest absolute Gasteiger partial charge is 0.512 e. The van der Waals surface area contributed by atoms with Crippen molar-refractivity contribution in [3.63, 3.8) is 0 Å². The van der Waals surface area contributed by atoms with Crippen LogP contribution in [0.4, 0.5) is 26.3 Å². The molecule has 0 saturated carbocycles. The molecule has 0 atom stereocenters. The van der Waals surface area contributed by atoms with Crippen LogP contribution in [0, 0.1) is 0 Å². The molecule has 0 unspecified atom stereocenters. The minimum Gasteiger partial charge on any atom is -0.393 e. The Balaban J connectivity index is 5.98. The fourth-order valence-corrected chi connectivity index (χ4v) is 6.53. The molecule has 0 spiro atoms. The third-order valence-electron chi connectivity index (χ3n) is 2.31. The number of nitrogens with zero attached hydrogens (tertiary/aromatic N) is 1. The van der Waals surface area contributed by atoms with Crippen molar-refractivity contribution in [3.05, 3.63) is 0 Å². The van der Waals surface area contributed by atoms with Gasteiger partial charge in [0.05, 0.1) is 6.17 Å². The first-order chi connectivity index (χ1) is 11.1. The number of hydrogen-bond acceptors (Lipinski definition) is 6. The minimum absolute atomic E-state index is 0.163. The standard InChI is InChI=1S/C9H16F6NO6S2Si/c1-3-5-21-25(22-6-4-2)7-16(23(17,18)8(10,11)12)24(19,20)9(13,14)15/h3-7H2,1-2H3. The molecule has 0 bridgehead atoms. The van der Waals surface area contributed by atoms with Gasteiger partial charge in [-0.05, 0) is 12.8 Å². The molecule has 151 valence electrons. The van der Waals surface area contributed by atoms with E-state index in [2.05, 4.69) is 0 Å². The summed E-state index contributed by atoms with van der Waals surface area (Å²) in [6, 6.07) is 0. The van der Waals surface area contributed by atoms with Gasteiger partial charge in [-0.1, -0.05) is 17.6 Å². The van der Waals surface area contributed by atoms with Crippen molar-refractivity contribution in [2.45, 2.75) is 37.7 Å². The van der Waals surface area contributed by atoms with Crippen LogP contribution in [-0.4, -0.2) is 60.2 Å². The fourth-order valence-electron chi connectivity index (χ4n) is 1.20. The lowest BCUT2D eigenvalue weighted by Gasteiger charge is -2.26. The molecule has 0 aliphatic carbocycles. The van der Waals surface area contributed by atoms with Gasteiger partial charge < -0.3 is 8.85 Å². The first-order valence-corrected chi connectivity index (χ1v) is 11.0. The predicted octanol–water partition coefficient (Wildman–Crippen LogP) is 1.87.